The van der Waals surface area contributed by atoms with Crippen LogP contribution in [0.2, 0.25) is 0 Å². The topological polar surface area (TPSA) is 39.2 Å². The number of ketones is 1. The van der Waals surface area contributed by atoms with Gasteiger partial charge < -0.3 is 4.74 Å². The van der Waals surface area contributed by atoms with Crippen LogP contribution in [0.5, 0.6) is 0 Å². The number of aromatic nitrogens is 1. The van der Waals surface area contributed by atoms with Crippen molar-refractivity contribution in [3.63, 3.8) is 0 Å². The van der Waals surface area contributed by atoms with Crippen LogP contribution >= 0.6 is 11.3 Å². The third kappa shape index (κ3) is 2.04. The van der Waals surface area contributed by atoms with Gasteiger partial charge in [-0.1, -0.05) is 0 Å². The van der Waals surface area contributed by atoms with Crippen molar-refractivity contribution < 1.29 is 9.53 Å². The summed E-state index contributed by atoms with van der Waals surface area (Å²) in [6.07, 6.45) is 0.760. The molecule has 0 aromatic carbocycles. The van der Waals surface area contributed by atoms with E-state index in [0.717, 1.165) is 6.42 Å². The first-order chi connectivity index (χ1) is 7.32. The number of carbonyl (C=O) groups is 1. The Balaban J connectivity index is 2.25. The van der Waals surface area contributed by atoms with Gasteiger partial charge in [0.05, 0.1) is 22.6 Å². The van der Waals surface area contributed by atoms with E-state index in [2.05, 4.69) is 4.98 Å². The van der Waals surface area contributed by atoms with Gasteiger partial charge in [0.2, 0.25) is 0 Å². The molecule has 1 unspecified atom stereocenters. The second-order valence-corrected chi connectivity index (χ2v) is 6.18. The van der Waals surface area contributed by atoms with Crippen molar-refractivity contribution >= 4 is 17.1 Å². The molecular weight excluding hydrogens is 222 g/mol. The monoisotopic (exact) mass is 239 g/mol. The number of ether oxygens (including phenoxy) is 1. The van der Waals surface area contributed by atoms with E-state index in [4.69, 9.17) is 4.74 Å². The molecule has 0 bridgehead atoms. The van der Waals surface area contributed by atoms with Gasteiger partial charge in [-0.3, -0.25) is 4.79 Å². The second kappa shape index (κ2) is 3.64. The highest BCUT2D eigenvalue weighted by molar-refractivity contribution is 7.07. The van der Waals surface area contributed by atoms with E-state index >= 15 is 0 Å². The minimum Gasteiger partial charge on any atom is -0.369 e. The van der Waals surface area contributed by atoms with Crippen LogP contribution in [-0.2, 0) is 4.74 Å². The van der Waals surface area contributed by atoms with Crippen molar-refractivity contribution in [3.05, 3.63) is 16.6 Å². The average Bonchev–Trinajstić information content (AvgIpc) is 2.69. The highest BCUT2D eigenvalue weighted by atomic mass is 32.1. The molecule has 1 fully saturated rings. The van der Waals surface area contributed by atoms with Crippen LogP contribution in [0, 0.1) is 5.92 Å². The fourth-order valence-corrected chi connectivity index (χ4v) is 3.02. The van der Waals surface area contributed by atoms with E-state index in [1.54, 1.807) is 5.51 Å². The Hall–Kier alpha value is -0.740. The highest BCUT2D eigenvalue weighted by Gasteiger charge is 2.49. The Morgan fingerprint density at radius 1 is 1.50 bits per heavy atom. The molecule has 3 nitrogen and oxygen atoms in total. The summed E-state index contributed by atoms with van der Waals surface area (Å²) in [6.45, 7) is 8.03. The van der Waals surface area contributed by atoms with Gasteiger partial charge >= 0.3 is 0 Å². The number of nitrogens with zero attached hydrogens (tertiary/aromatic N) is 1. The predicted molar refractivity (Wildman–Crippen MR) is 63.8 cm³/mol. The van der Waals surface area contributed by atoms with Gasteiger partial charge in [-0.15, -0.1) is 11.3 Å². The lowest BCUT2D eigenvalue weighted by Crippen LogP contribution is -2.34. The van der Waals surface area contributed by atoms with Crippen molar-refractivity contribution in [2.24, 2.45) is 5.92 Å². The molecule has 0 radical (unpaired) electrons. The molecule has 0 amide bonds. The fraction of sp³-hybridized carbons (Fsp3) is 0.667. The molecule has 2 rings (SSSR count). The van der Waals surface area contributed by atoms with Crippen molar-refractivity contribution in [2.45, 2.75) is 45.3 Å². The zero-order chi connectivity index (χ0) is 12.0. The molecule has 1 aliphatic heterocycles. The number of thiazole rings is 1. The molecule has 2 heterocycles. The molecule has 1 atom stereocenters. The molecule has 4 heteroatoms. The van der Waals surface area contributed by atoms with Gasteiger partial charge in [-0.25, -0.2) is 4.98 Å². The second-order valence-electron chi connectivity index (χ2n) is 5.46. The third-order valence-corrected chi connectivity index (χ3v) is 3.66. The van der Waals surface area contributed by atoms with Crippen molar-refractivity contribution in [2.75, 3.05) is 0 Å². The minimum absolute atomic E-state index is 0.0930. The van der Waals surface area contributed by atoms with E-state index in [9.17, 15) is 4.79 Å². The molecule has 0 saturated carbocycles. The molecule has 0 aliphatic carbocycles. The van der Waals surface area contributed by atoms with Crippen LogP contribution in [0.25, 0.3) is 0 Å². The molecule has 1 aromatic rings. The average molecular weight is 239 g/mol. The normalized spacial score (nSPS) is 26.9. The van der Waals surface area contributed by atoms with Crippen LogP contribution in [0.1, 0.15) is 44.6 Å². The van der Waals surface area contributed by atoms with Gasteiger partial charge in [0.15, 0.2) is 5.78 Å². The molecule has 1 aliphatic rings. The summed E-state index contributed by atoms with van der Waals surface area (Å²) < 4.78 is 5.92. The lowest BCUT2D eigenvalue weighted by Gasteiger charge is -2.26. The zero-order valence-corrected chi connectivity index (χ0v) is 10.9. The van der Waals surface area contributed by atoms with Gasteiger partial charge in [0.25, 0.3) is 0 Å². The summed E-state index contributed by atoms with van der Waals surface area (Å²) in [5, 5.41) is 1.81. The lowest BCUT2D eigenvalue weighted by atomic mass is 9.83. The fourth-order valence-electron chi connectivity index (χ4n) is 2.48. The molecule has 16 heavy (non-hydrogen) atoms. The molecule has 1 saturated heterocycles. The van der Waals surface area contributed by atoms with Crippen LogP contribution < -0.4 is 0 Å². The highest BCUT2D eigenvalue weighted by Crippen LogP contribution is 2.43. The number of Topliss-reactive ketones (excluding diaryl/α,β-unsaturated/α-hetero) is 1. The van der Waals surface area contributed by atoms with E-state index < -0.39 is 5.60 Å². The van der Waals surface area contributed by atoms with E-state index in [0.29, 0.717) is 5.69 Å². The molecular formula is C12H17NO2S. The summed E-state index contributed by atoms with van der Waals surface area (Å²) in [6, 6.07) is 0. The first-order valence-corrected chi connectivity index (χ1v) is 6.39. The van der Waals surface area contributed by atoms with Gasteiger partial charge in [-0.2, -0.15) is 0 Å². The molecule has 88 valence electrons. The number of hydrogen-bond acceptors (Lipinski definition) is 4. The summed E-state index contributed by atoms with van der Waals surface area (Å²) in [7, 11) is 0. The third-order valence-electron chi connectivity index (χ3n) is 3.08. The van der Waals surface area contributed by atoms with Gasteiger partial charge in [0, 0.05) is 5.38 Å². The number of rotatable bonds is 2. The molecule has 1 aromatic heterocycles. The Morgan fingerprint density at radius 3 is 2.62 bits per heavy atom. The van der Waals surface area contributed by atoms with Crippen molar-refractivity contribution in [1.29, 1.82) is 0 Å². The van der Waals surface area contributed by atoms with Crippen molar-refractivity contribution in [3.8, 4) is 0 Å². The van der Waals surface area contributed by atoms with E-state index in [1.807, 2.05) is 33.1 Å². The Morgan fingerprint density at radius 2 is 2.19 bits per heavy atom. The molecule has 0 spiro atoms. The maximum atomic E-state index is 12.3. The quantitative estimate of drug-likeness (QED) is 0.745. The smallest absolute Gasteiger partial charge is 0.188 e. The summed E-state index contributed by atoms with van der Waals surface area (Å²) >= 11 is 1.45. The molecule has 0 N–H and O–H groups in total. The maximum Gasteiger partial charge on any atom is 0.188 e. The predicted octanol–water partition coefficient (Wildman–Crippen LogP) is 2.92. The lowest BCUT2D eigenvalue weighted by molar-refractivity contribution is -0.0712. The maximum absolute atomic E-state index is 12.3. The largest absolute Gasteiger partial charge is 0.369 e. The Bertz CT molecular complexity index is 395. The summed E-state index contributed by atoms with van der Waals surface area (Å²) in [5.41, 5.74) is 1.65. The number of carbonyl (C=O) groups excluding carboxylic acids is 1. The van der Waals surface area contributed by atoms with E-state index in [-0.39, 0.29) is 17.3 Å². The number of hydrogen-bond donors (Lipinski definition) is 0. The van der Waals surface area contributed by atoms with Crippen molar-refractivity contribution in [1.82, 2.24) is 4.98 Å². The van der Waals surface area contributed by atoms with Crippen LogP contribution in [0.15, 0.2) is 10.9 Å². The first-order valence-electron chi connectivity index (χ1n) is 5.44. The first kappa shape index (κ1) is 11.7. The van der Waals surface area contributed by atoms with Crippen LogP contribution in [0.3, 0.4) is 0 Å². The summed E-state index contributed by atoms with van der Waals surface area (Å²) in [5.74, 6) is 0.0152. The van der Waals surface area contributed by atoms with E-state index in [1.165, 1.54) is 11.3 Å². The van der Waals surface area contributed by atoms with Gasteiger partial charge in [0.1, 0.15) is 5.69 Å². The Kier molecular flexibility index (Phi) is 2.67. The van der Waals surface area contributed by atoms with Crippen LogP contribution in [-0.4, -0.2) is 22.0 Å². The van der Waals surface area contributed by atoms with Crippen LogP contribution in [0.4, 0.5) is 0 Å². The minimum atomic E-state index is -0.399. The Labute approximate surface area is 99.8 Å². The standard InChI is InChI=1S/C12H17NO2S/c1-11(2)5-8(12(3,4)15-11)10(14)9-6-16-7-13-9/h6-8H,5H2,1-4H3. The van der Waals surface area contributed by atoms with Gasteiger partial charge in [-0.05, 0) is 34.1 Å². The SMILES string of the molecule is CC1(C)CC(C(=O)c2cscn2)C(C)(C)O1. The zero-order valence-electron chi connectivity index (χ0n) is 10.1. The summed E-state index contributed by atoms with van der Waals surface area (Å²) in [4.78, 5) is 16.4.